The van der Waals surface area contributed by atoms with E-state index in [-0.39, 0.29) is 0 Å². The third-order valence-corrected chi connectivity index (χ3v) is 2.38. The number of hydrogen-bond acceptors (Lipinski definition) is 4. The van der Waals surface area contributed by atoms with E-state index in [9.17, 15) is 0 Å². The summed E-state index contributed by atoms with van der Waals surface area (Å²) in [5.41, 5.74) is 1.46. The van der Waals surface area contributed by atoms with Gasteiger partial charge in [0, 0.05) is 14.2 Å². The first-order valence-corrected chi connectivity index (χ1v) is 4.95. The van der Waals surface area contributed by atoms with Crippen LogP contribution in [0.5, 0.6) is 0 Å². The summed E-state index contributed by atoms with van der Waals surface area (Å²) in [5.74, 6) is 0. The standard InChI is InChI=1S/C10H11NO2S/c1-12-10(13-2)9(6-11)5-8-3-4-14-7-8/h3-5,7,10H,1-2H3/b9-5+. The lowest BCUT2D eigenvalue weighted by Crippen LogP contribution is -2.14. The van der Waals surface area contributed by atoms with E-state index in [1.165, 1.54) is 14.2 Å². The van der Waals surface area contributed by atoms with E-state index in [1.807, 2.05) is 16.8 Å². The second-order valence-corrected chi connectivity index (χ2v) is 3.35. The second kappa shape index (κ2) is 5.55. The molecule has 0 aliphatic carbocycles. The number of nitrogens with zero attached hydrogens (tertiary/aromatic N) is 1. The molecule has 3 nitrogen and oxygen atoms in total. The van der Waals surface area contributed by atoms with Crippen LogP contribution in [0.3, 0.4) is 0 Å². The summed E-state index contributed by atoms with van der Waals surface area (Å²) in [6.07, 6.45) is 1.17. The summed E-state index contributed by atoms with van der Waals surface area (Å²) >= 11 is 1.58. The maximum absolute atomic E-state index is 8.88. The number of nitriles is 1. The number of thiophene rings is 1. The predicted molar refractivity (Wildman–Crippen MR) is 55.7 cm³/mol. The fourth-order valence-electron chi connectivity index (χ4n) is 1.04. The maximum atomic E-state index is 8.88. The van der Waals surface area contributed by atoms with Gasteiger partial charge in [-0.15, -0.1) is 0 Å². The molecule has 0 aliphatic heterocycles. The lowest BCUT2D eigenvalue weighted by atomic mass is 10.2. The van der Waals surface area contributed by atoms with Gasteiger partial charge in [-0.05, 0) is 28.5 Å². The molecular formula is C10H11NO2S. The summed E-state index contributed by atoms with van der Waals surface area (Å²) in [6.45, 7) is 0. The zero-order valence-corrected chi connectivity index (χ0v) is 8.88. The van der Waals surface area contributed by atoms with Gasteiger partial charge < -0.3 is 9.47 Å². The highest BCUT2D eigenvalue weighted by atomic mass is 32.1. The first-order valence-electron chi connectivity index (χ1n) is 4.01. The van der Waals surface area contributed by atoms with Crippen LogP contribution in [0.2, 0.25) is 0 Å². The van der Waals surface area contributed by atoms with Gasteiger partial charge in [-0.25, -0.2) is 0 Å². The Balaban J connectivity index is 2.86. The van der Waals surface area contributed by atoms with E-state index in [4.69, 9.17) is 14.7 Å². The molecule has 0 bridgehead atoms. The normalized spacial score (nSPS) is 11.7. The third-order valence-electron chi connectivity index (χ3n) is 1.68. The molecule has 1 aromatic rings. The van der Waals surface area contributed by atoms with Gasteiger partial charge in [0.05, 0.1) is 5.57 Å². The minimum Gasteiger partial charge on any atom is -0.351 e. The lowest BCUT2D eigenvalue weighted by Gasteiger charge is -2.11. The number of ether oxygens (including phenoxy) is 2. The molecule has 0 spiro atoms. The van der Waals surface area contributed by atoms with Crippen LogP contribution >= 0.6 is 11.3 Å². The van der Waals surface area contributed by atoms with Crippen molar-refractivity contribution in [1.29, 1.82) is 5.26 Å². The monoisotopic (exact) mass is 209 g/mol. The van der Waals surface area contributed by atoms with Crippen molar-refractivity contribution in [3.8, 4) is 6.07 Å². The molecular weight excluding hydrogens is 198 g/mol. The minimum atomic E-state index is -0.583. The number of hydrogen-bond donors (Lipinski definition) is 0. The maximum Gasteiger partial charge on any atom is 0.193 e. The van der Waals surface area contributed by atoms with Crippen LogP contribution < -0.4 is 0 Å². The molecule has 0 N–H and O–H groups in total. The molecule has 14 heavy (non-hydrogen) atoms. The Labute approximate surface area is 87.2 Å². The Hall–Kier alpha value is -1.15. The Morgan fingerprint density at radius 1 is 1.57 bits per heavy atom. The van der Waals surface area contributed by atoms with Gasteiger partial charge in [-0.2, -0.15) is 16.6 Å². The molecule has 0 aromatic carbocycles. The van der Waals surface area contributed by atoms with E-state index in [0.717, 1.165) is 5.56 Å². The summed E-state index contributed by atoms with van der Waals surface area (Å²) in [6, 6.07) is 3.99. The van der Waals surface area contributed by atoms with Crippen molar-refractivity contribution in [3.05, 3.63) is 28.0 Å². The Morgan fingerprint density at radius 3 is 2.71 bits per heavy atom. The average molecular weight is 209 g/mol. The van der Waals surface area contributed by atoms with Crippen molar-refractivity contribution in [2.24, 2.45) is 0 Å². The summed E-state index contributed by atoms with van der Waals surface area (Å²) in [4.78, 5) is 0. The highest BCUT2D eigenvalue weighted by Crippen LogP contribution is 2.14. The van der Waals surface area contributed by atoms with Crippen molar-refractivity contribution in [2.45, 2.75) is 6.29 Å². The molecule has 0 aliphatic rings. The van der Waals surface area contributed by atoms with E-state index in [2.05, 4.69) is 6.07 Å². The van der Waals surface area contributed by atoms with Gasteiger partial charge in [0.25, 0.3) is 0 Å². The van der Waals surface area contributed by atoms with Crippen molar-refractivity contribution in [2.75, 3.05) is 14.2 Å². The molecule has 0 amide bonds. The molecule has 0 radical (unpaired) electrons. The van der Waals surface area contributed by atoms with Crippen molar-refractivity contribution in [3.63, 3.8) is 0 Å². The summed E-state index contributed by atoms with van der Waals surface area (Å²) in [5, 5.41) is 12.8. The van der Waals surface area contributed by atoms with Crippen molar-refractivity contribution < 1.29 is 9.47 Å². The van der Waals surface area contributed by atoms with Gasteiger partial charge in [0.1, 0.15) is 6.07 Å². The van der Waals surface area contributed by atoms with Crippen LogP contribution in [0.15, 0.2) is 22.4 Å². The predicted octanol–water partition coefficient (Wildman–Crippen LogP) is 2.27. The molecule has 4 heteroatoms. The molecule has 0 fully saturated rings. The van der Waals surface area contributed by atoms with E-state index in [0.29, 0.717) is 5.57 Å². The lowest BCUT2D eigenvalue weighted by molar-refractivity contribution is -0.0712. The first kappa shape index (κ1) is 10.9. The van der Waals surface area contributed by atoms with E-state index >= 15 is 0 Å². The molecule has 1 aromatic heterocycles. The Kier molecular flexibility index (Phi) is 4.33. The third kappa shape index (κ3) is 2.67. The zero-order chi connectivity index (χ0) is 10.4. The van der Waals surface area contributed by atoms with Crippen LogP contribution in [-0.2, 0) is 9.47 Å². The molecule has 1 heterocycles. The molecule has 0 saturated heterocycles. The Morgan fingerprint density at radius 2 is 2.29 bits per heavy atom. The van der Waals surface area contributed by atoms with Crippen molar-refractivity contribution in [1.82, 2.24) is 0 Å². The smallest absolute Gasteiger partial charge is 0.193 e. The van der Waals surface area contributed by atoms with Crippen LogP contribution in [0.1, 0.15) is 5.56 Å². The van der Waals surface area contributed by atoms with Crippen molar-refractivity contribution >= 4 is 17.4 Å². The van der Waals surface area contributed by atoms with E-state index in [1.54, 1.807) is 17.4 Å². The average Bonchev–Trinajstić information content (AvgIpc) is 2.70. The van der Waals surface area contributed by atoms with Crippen LogP contribution in [0.25, 0.3) is 6.08 Å². The Bertz CT molecular complexity index is 334. The summed E-state index contributed by atoms with van der Waals surface area (Å²) in [7, 11) is 3.01. The molecule has 0 saturated carbocycles. The van der Waals surface area contributed by atoms with Gasteiger partial charge in [-0.1, -0.05) is 0 Å². The zero-order valence-electron chi connectivity index (χ0n) is 8.06. The second-order valence-electron chi connectivity index (χ2n) is 2.57. The van der Waals surface area contributed by atoms with Gasteiger partial charge in [-0.3, -0.25) is 0 Å². The van der Waals surface area contributed by atoms with Gasteiger partial charge >= 0.3 is 0 Å². The SMILES string of the molecule is COC(OC)/C(C#N)=C/c1ccsc1. The largest absolute Gasteiger partial charge is 0.351 e. The van der Waals surface area contributed by atoms with Crippen LogP contribution in [0, 0.1) is 11.3 Å². The molecule has 74 valence electrons. The van der Waals surface area contributed by atoms with Gasteiger partial charge in [0.2, 0.25) is 0 Å². The fourth-order valence-corrected chi connectivity index (χ4v) is 1.66. The van der Waals surface area contributed by atoms with E-state index < -0.39 is 6.29 Å². The molecule has 1 rings (SSSR count). The topological polar surface area (TPSA) is 42.2 Å². The molecule has 0 unspecified atom stereocenters. The van der Waals surface area contributed by atoms with Gasteiger partial charge in [0.15, 0.2) is 6.29 Å². The highest BCUT2D eigenvalue weighted by Gasteiger charge is 2.11. The molecule has 0 atom stereocenters. The quantitative estimate of drug-likeness (QED) is 0.564. The fraction of sp³-hybridized carbons (Fsp3) is 0.300. The first-order chi connectivity index (χ1) is 6.81. The van der Waals surface area contributed by atoms with Crippen LogP contribution in [-0.4, -0.2) is 20.5 Å². The minimum absolute atomic E-state index is 0.466. The number of rotatable bonds is 4. The summed E-state index contributed by atoms with van der Waals surface area (Å²) < 4.78 is 9.98. The van der Waals surface area contributed by atoms with Crippen LogP contribution in [0.4, 0.5) is 0 Å². The highest BCUT2D eigenvalue weighted by molar-refractivity contribution is 7.08. The number of methoxy groups -OCH3 is 2.